The maximum atomic E-state index is 13.4. The second-order valence-electron chi connectivity index (χ2n) is 7.52. The number of anilines is 2. The van der Waals surface area contributed by atoms with Crippen molar-refractivity contribution in [2.45, 2.75) is 19.0 Å². The zero-order valence-electron chi connectivity index (χ0n) is 17.4. The molecule has 0 saturated carbocycles. The molecule has 1 aliphatic heterocycles. The first-order valence-electron chi connectivity index (χ1n) is 10.3. The van der Waals surface area contributed by atoms with Gasteiger partial charge in [-0.15, -0.1) is 0 Å². The molecule has 1 unspecified atom stereocenters. The zero-order valence-corrected chi connectivity index (χ0v) is 17.4. The van der Waals surface area contributed by atoms with Crippen molar-refractivity contribution in [3.63, 3.8) is 0 Å². The molecule has 0 spiro atoms. The SMILES string of the molecule is COc1cccc(NC(=O)CC2C(=O)N(Cc3ccccn3)c3nc4ccccc4n32)c1. The third-order valence-electron chi connectivity index (χ3n) is 5.46. The molecule has 1 aliphatic rings. The number of hydrogen-bond acceptors (Lipinski definition) is 5. The lowest BCUT2D eigenvalue weighted by Gasteiger charge is -2.15. The van der Waals surface area contributed by atoms with Crippen molar-refractivity contribution >= 4 is 34.5 Å². The van der Waals surface area contributed by atoms with E-state index in [4.69, 9.17) is 4.74 Å². The lowest BCUT2D eigenvalue weighted by molar-refractivity contribution is -0.124. The predicted molar refractivity (Wildman–Crippen MR) is 120 cm³/mol. The van der Waals surface area contributed by atoms with Crippen molar-refractivity contribution in [1.29, 1.82) is 0 Å². The summed E-state index contributed by atoms with van der Waals surface area (Å²) in [4.78, 5) is 36.9. The molecule has 8 heteroatoms. The minimum Gasteiger partial charge on any atom is -0.497 e. The summed E-state index contributed by atoms with van der Waals surface area (Å²) in [7, 11) is 1.57. The van der Waals surface area contributed by atoms with Gasteiger partial charge < -0.3 is 10.1 Å². The molecule has 32 heavy (non-hydrogen) atoms. The van der Waals surface area contributed by atoms with Crippen LogP contribution in [0.25, 0.3) is 11.0 Å². The number of carbonyl (C=O) groups is 2. The Morgan fingerprint density at radius 2 is 1.94 bits per heavy atom. The van der Waals surface area contributed by atoms with Crippen LogP contribution in [0.4, 0.5) is 11.6 Å². The minimum atomic E-state index is -0.688. The van der Waals surface area contributed by atoms with E-state index >= 15 is 0 Å². The molecule has 5 rings (SSSR count). The Hall–Kier alpha value is -4.20. The third-order valence-corrected chi connectivity index (χ3v) is 5.46. The summed E-state index contributed by atoms with van der Waals surface area (Å²) in [6.07, 6.45) is 1.68. The van der Waals surface area contributed by atoms with E-state index < -0.39 is 6.04 Å². The highest BCUT2D eigenvalue weighted by Gasteiger charge is 2.41. The number of ether oxygens (including phenoxy) is 1. The smallest absolute Gasteiger partial charge is 0.253 e. The maximum absolute atomic E-state index is 13.4. The van der Waals surface area contributed by atoms with Crippen molar-refractivity contribution in [2.75, 3.05) is 17.3 Å². The van der Waals surface area contributed by atoms with Crippen molar-refractivity contribution in [3.05, 3.63) is 78.6 Å². The van der Waals surface area contributed by atoms with E-state index in [1.165, 1.54) is 0 Å². The molecule has 8 nitrogen and oxygen atoms in total. The topological polar surface area (TPSA) is 89.3 Å². The molecular formula is C24H21N5O3. The Morgan fingerprint density at radius 1 is 1.09 bits per heavy atom. The Labute approximate surface area is 184 Å². The van der Waals surface area contributed by atoms with Gasteiger partial charge in [0.1, 0.15) is 11.8 Å². The highest BCUT2D eigenvalue weighted by atomic mass is 16.5. The number of methoxy groups -OCH3 is 1. The van der Waals surface area contributed by atoms with Crippen molar-refractivity contribution in [2.24, 2.45) is 0 Å². The van der Waals surface area contributed by atoms with Gasteiger partial charge in [0, 0.05) is 18.0 Å². The lowest BCUT2D eigenvalue weighted by atomic mass is 10.1. The quantitative estimate of drug-likeness (QED) is 0.508. The number of nitrogens with zero attached hydrogens (tertiary/aromatic N) is 4. The Morgan fingerprint density at radius 3 is 2.75 bits per heavy atom. The van der Waals surface area contributed by atoms with Gasteiger partial charge in [-0.2, -0.15) is 0 Å². The first kappa shape index (κ1) is 19.7. The number of carbonyl (C=O) groups excluding carboxylic acids is 2. The van der Waals surface area contributed by atoms with Gasteiger partial charge in [0.05, 0.1) is 36.8 Å². The van der Waals surface area contributed by atoms with Crippen molar-refractivity contribution in [3.8, 4) is 5.75 Å². The highest BCUT2D eigenvalue weighted by Crippen LogP contribution is 2.37. The molecule has 0 aliphatic carbocycles. The summed E-state index contributed by atoms with van der Waals surface area (Å²) in [5.74, 6) is 0.731. The predicted octanol–water partition coefficient (Wildman–Crippen LogP) is 3.56. The van der Waals surface area contributed by atoms with Crippen LogP contribution >= 0.6 is 0 Å². The molecule has 1 atom stereocenters. The van der Waals surface area contributed by atoms with Crippen LogP contribution in [0.1, 0.15) is 18.2 Å². The van der Waals surface area contributed by atoms with Crippen molar-refractivity contribution in [1.82, 2.24) is 14.5 Å². The van der Waals surface area contributed by atoms with Gasteiger partial charge in [-0.25, -0.2) is 4.98 Å². The van der Waals surface area contributed by atoms with E-state index in [-0.39, 0.29) is 24.8 Å². The molecule has 2 aromatic heterocycles. The fraction of sp³-hybridized carbons (Fsp3) is 0.167. The number of aromatic nitrogens is 3. The summed E-state index contributed by atoms with van der Waals surface area (Å²) < 4.78 is 7.06. The Kier molecular flexibility index (Phi) is 5.03. The highest BCUT2D eigenvalue weighted by molar-refractivity contribution is 6.05. The van der Waals surface area contributed by atoms with Gasteiger partial charge in [-0.05, 0) is 36.4 Å². The molecule has 0 radical (unpaired) electrons. The van der Waals surface area contributed by atoms with E-state index in [0.29, 0.717) is 17.4 Å². The molecular weight excluding hydrogens is 406 g/mol. The van der Waals surface area contributed by atoms with Gasteiger partial charge in [0.2, 0.25) is 11.9 Å². The Balaban J connectivity index is 1.45. The van der Waals surface area contributed by atoms with Gasteiger partial charge in [0.25, 0.3) is 5.91 Å². The average Bonchev–Trinajstić information content (AvgIpc) is 3.30. The fourth-order valence-electron chi connectivity index (χ4n) is 3.99. The normalized spacial score (nSPS) is 15.1. The van der Waals surface area contributed by atoms with Gasteiger partial charge in [0.15, 0.2) is 0 Å². The largest absolute Gasteiger partial charge is 0.497 e. The van der Waals surface area contributed by atoms with Crippen LogP contribution in [-0.2, 0) is 16.1 Å². The van der Waals surface area contributed by atoms with Gasteiger partial charge in [-0.1, -0.05) is 24.3 Å². The number of nitrogens with one attached hydrogen (secondary N) is 1. The second-order valence-corrected chi connectivity index (χ2v) is 7.52. The van der Waals surface area contributed by atoms with Crippen molar-refractivity contribution < 1.29 is 14.3 Å². The average molecular weight is 427 g/mol. The van der Waals surface area contributed by atoms with Gasteiger partial charge in [-0.3, -0.25) is 24.0 Å². The molecule has 0 saturated heterocycles. The van der Waals surface area contributed by atoms with Crippen LogP contribution in [-0.4, -0.2) is 33.5 Å². The minimum absolute atomic E-state index is 0.0118. The van der Waals surface area contributed by atoms with E-state index in [0.717, 1.165) is 16.7 Å². The molecule has 160 valence electrons. The first-order chi connectivity index (χ1) is 15.6. The van der Waals surface area contributed by atoms with Crippen LogP contribution in [0.3, 0.4) is 0 Å². The molecule has 4 aromatic rings. The maximum Gasteiger partial charge on any atom is 0.253 e. The number of rotatable bonds is 6. The molecule has 0 bridgehead atoms. The number of pyridine rings is 1. The van der Waals surface area contributed by atoms with Crippen LogP contribution in [0.15, 0.2) is 72.9 Å². The summed E-state index contributed by atoms with van der Waals surface area (Å²) in [6.45, 7) is 0.289. The summed E-state index contributed by atoms with van der Waals surface area (Å²) >= 11 is 0. The summed E-state index contributed by atoms with van der Waals surface area (Å²) in [5, 5.41) is 2.86. The fourth-order valence-corrected chi connectivity index (χ4v) is 3.99. The third kappa shape index (κ3) is 3.56. The number of fused-ring (bicyclic) bond motifs is 3. The van der Waals surface area contributed by atoms with Crippen LogP contribution in [0.2, 0.25) is 0 Å². The van der Waals surface area contributed by atoms with E-state index in [1.807, 2.05) is 47.0 Å². The zero-order chi connectivity index (χ0) is 22.1. The standard InChI is InChI=1S/C24H21N5O3/c1-32-18-9-6-8-16(13-18)26-22(30)14-21-23(31)28(15-17-7-4-5-12-25-17)24-27-19-10-2-3-11-20(19)29(21)24/h2-13,21H,14-15H2,1H3,(H,26,30). The summed E-state index contributed by atoms with van der Waals surface area (Å²) in [6, 6.07) is 19.6. The van der Waals surface area contributed by atoms with E-state index in [9.17, 15) is 9.59 Å². The second kappa shape index (κ2) is 8.14. The molecule has 1 N–H and O–H groups in total. The van der Waals surface area contributed by atoms with E-state index in [2.05, 4.69) is 15.3 Å². The number of amides is 2. The Bertz CT molecular complexity index is 1300. The molecule has 3 heterocycles. The molecule has 0 fully saturated rings. The van der Waals surface area contributed by atoms with Crippen LogP contribution < -0.4 is 15.0 Å². The number of benzene rings is 2. The number of imidazole rings is 1. The van der Waals surface area contributed by atoms with Gasteiger partial charge >= 0.3 is 0 Å². The molecule has 2 aromatic carbocycles. The number of hydrogen-bond donors (Lipinski definition) is 1. The monoisotopic (exact) mass is 427 g/mol. The summed E-state index contributed by atoms with van der Waals surface area (Å²) in [5.41, 5.74) is 2.96. The number of para-hydroxylation sites is 2. The van der Waals surface area contributed by atoms with Crippen LogP contribution in [0, 0.1) is 0 Å². The van der Waals surface area contributed by atoms with E-state index in [1.54, 1.807) is 42.5 Å². The molecule has 2 amide bonds. The first-order valence-corrected chi connectivity index (χ1v) is 10.3. The van der Waals surface area contributed by atoms with Crippen LogP contribution in [0.5, 0.6) is 5.75 Å². The lowest BCUT2D eigenvalue weighted by Crippen LogP contribution is -2.31.